The van der Waals surface area contributed by atoms with E-state index in [4.69, 9.17) is 27.8 Å². The molecule has 5 rings (SSSR count). The summed E-state index contributed by atoms with van der Waals surface area (Å²) in [5.41, 5.74) is -1.49. The highest BCUT2D eigenvalue weighted by Crippen LogP contribution is 2.60. The third-order valence-electron chi connectivity index (χ3n) is 5.82. The van der Waals surface area contributed by atoms with Gasteiger partial charge in [-0.15, -0.1) is 0 Å². The second kappa shape index (κ2) is 9.38. The van der Waals surface area contributed by atoms with Crippen LogP contribution in [0.3, 0.4) is 0 Å². The number of phosphoric ester groups is 1. The van der Waals surface area contributed by atoms with Crippen LogP contribution < -0.4 is 20.5 Å². The number of anilines is 1. The van der Waals surface area contributed by atoms with Crippen molar-refractivity contribution in [3.63, 3.8) is 0 Å². The molecule has 0 saturated carbocycles. The van der Waals surface area contributed by atoms with Gasteiger partial charge in [0.15, 0.2) is 17.6 Å². The Labute approximate surface area is 215 Å². The predicted octanol–water partition coefficient (Wildman–Crippen LogP) is 3.53. The molecule has 0 aliphatic carbocycles. The topological polar surface area (TPSA) is 136 Å². The molecule has 2 unspecified atom stereocenters. The molecule has 0 radical (unpaired) electrons. The number of ether oxygens (including phenoxy) is 3. The van der Waals surface area contributed by atoms with Gasteiger partial charge in [0.25, 0.3) is 5.91 Å². The molecule has 38 heavy (non-hydrogen) atoms. The number of hydrogen-bond donors (Lipinski definition) is 1. The minimum Gasteiger partial charge on any atom is -0.486 e. The smallest absolute Gasteiger partial charge is 0.475 e. The van der Waals surface area contributed by atoms with Crippen molar-refractivity contribution in [3.05, 3.63) is 46.5 Å². The van der Waals surface area contributed by atoms with E-state index in [-0.39, 0.29) is 11.4 Å². The van der Waals surface area contributed by atoms with Gasteiger partial charge in [0.05, 0.1) is 12.7 Å². The van der Waals surface area contributed by atoms with Gasteiger partial charge in [-0.05, 0) is 52.0 Å². The molecule has 12 nitrogen and oxygen atoms in total. The highest BCUT2D eigenvalue weighted by Gasteiger charge is 2.65. The number of benzene rings is 1. The number of nitrogens with zero attached hydrogens (tertiary/aromatic N) is 2. The van der Waals surface area contributed by atoms with E-state index in [0.29, 0.717) is 22.7 Å². The second-order valence-electron chi connectivity index (χ2n) is 9.89. The third-order valence-corrected chi connectivity index (χ3v) is 7.45. The van der Waals surface area contributed by atoms with Crippen molar-refractivity contribution in [1.29, 1.82) is 0 Å². The van der Waals surface area contributed by atoms with E-state index in [1.54, 1.807) is 19.9 Å². The molecule has 1 amide bonds. The molecule has 2 aromatic rings. The Bertz CT molecular complexity index is 1370. The average molecular weight is 557 g/mol. The number of phosphoric acid groups is 1. The number of halogens is 2. The largest absolute Gasteiger partial charge is 0.486 e. The van der Waals surface area contributed by atoms with Crippen LogP contribution in [0.25, 0.3) is 0 Å². The molecule has 1 aromatic carbocycles. The maximum absolute atomic E-state index is 15.3. The molecule has 1 N–H and O–H groups in total. The fourth-order valence-electron chi connectivity index (χ4n) is 4.16. The first kappa shape index (κ1) is 26.7. The number of amides is 1. The first-order valence-corrected chi connectivity index (χ1v) is 13.2. The van der Waals surface area contributed by atoms with Gasteiger partial charge in [0.2, 0.25) is 6.23 Å². The molecular formula is C23H26F2N3O9P. The summed E-state index contributed by atoms with van der Waals surface area (Å²) in [5.74, 6) is -3.68. The molecule has 0 bridgehead atoms. The fraction of sp³-hybridized carbons (Fsp3) is 0.522. The zero-order valence-electron chi connectivity index (χ0n) is 20.9. The highest BCUT2D eigenvalue weighted by atomic mass is 31.2. The van der Waals surface area contributed by atoms with Crippen LogP contribution in [-0.4, -0.2) is 58.5 Å². The van der Waals surface area contributed by atoms with E-state index in [1.807, 2.05) is 13.8 Å². The Morgan fingerprint density at radius 1 is 1.26 bits per heavy atom. The van der Waals surface area contributed by atoms with Gasteiger partial charge in [0, 0.05) is 11.8 Å². The SMILES string of the molecule is CC(C)OP1(=O)OC[C@H]2OC(n3ccc(NC(=O)c4ccc5c(c4)OC(C)(C)CO5)nc3=O)C(F)(F)[C@@H]2O1. The van der Waals surface area contributed by atoms with Gasteiger partial charge in [-0.1, -0.05) is 0 Å². The standard InChI is InChI=1S/C23H26F2N3O9P/c1-12(2)36-38(31)33-10-16-18(37-38)23(24,25)20(34-16)28-8-7-17(27-21(28)30)26-19(29)13-5-6-14-15(9-13)35-22(3,4)11-32-14/h5-9,12,16,18,20H,10-11H2,1-4H3,(H,26,27,29,30)/t16-,18-,20?,38?/m1/s1. The van der Waals surface area contributed by atoms with E-state index in [1.165, 1.54) is 18.2 Å². The maximum atomic E-state index is 15.3. The van der Waals surface area contributed by atoms with Crippen LogP contribution in [0.4, 0.5) is 14.6 Å². The summed E-state index contributed by atoms with van der Waals surface area (Å²) < 4.78 is 75.6. The number of hydrogen-bond acceptors (Lipinski definition) is 10. The summed E-state index contributed by atoms with van der Waals surface area (Å²) in [7, 11) is -4.24. The lowest BCUT2D eigenvalue weighted by molar-refractivity contribution is -0.139. The third kappa shape index (κ3) is 5.06. The minimum absolute atomic E-state index is 0.167. The number of fused-ring (bicyclic) bond motifs is 2. The predicted molar refractivity (Wildman–Crippen MR) is 127 cm³/mol. The number of carbonyl (C=O) groups is 1. The molecule has 4 atom stereocenters. The van der Waals surface area contributed by atoms with Crippen LogP contribution >= 0.6 is 7.82 Å². The Hall–Kier alpha value is -2.90. The fourth-order valence-corrected chi connectivity index (χ4v) is 5.73. The zero-order valence-corrected chi connectivity index (χ0v) is 21.8. The van der Waals surface area contributed by atoms with Crippen molar-refractivity contribution in [3.8, 4) is 11.5 Å². The molecule has 15 heteroatoms. The van der Waals surface area contributed by atoms with Crippen molar-refractivity contribution in [2.75, 3.05) is 18.5 Å². The van der Waals surface area contributed by atoms with Crippen LogP contribution in [0.15, 0.2) is 35.3 Å². The lowest BCUT2D eigenvalue weighted by Crippen LogP contribution is -2.45. The Kier molecular flexibility index (Phi) is 6.59. The average Bonchev–Trinajstić information content (AvgIpc) is 3.07. The van der Waals surface area contributed by atoms with Crippen LogP contribution in [0.1, 0.15) is 44.3 Å². The molecule has 3 aliphatic heterocycles. The summed E-state index contributed by atoms with van der Waals surface area (Å²) in [6.07, 6.45) is -4.99. The van der Waals surface area contributed by atoms with Gasteiger partial charge >= 0.3 is 19.4 Å². The van der Waals surface area contributed by atoms with Crippen LogP contribution in [-0.2, 0) is 22.9 Å². The van der Waals surface area contributed by atoms with Gasteiger partial charge in [-0.25, -0.2) is 9.36 Å². The van der Waals surface area contributed by atoms with Gasteiger partial charge < -0.3 is 19.5 Å². The normalized spacial score (nSPS) is 29.1. The Balaban J connectivity index is 1.32. The number of carbonyl (C=O) groups excluding carboxylic acids is 1. The first-order chi connectivity index (χ1) is 17.8. The molecular weight excluding hydrogens is 531 g/mol. The van der Waals surface area contributed by atoms with Crippen LogP contribution in [0.5, 0.6) is 11.5 Å². The minimum atomic E-state index is -4.24. The Morgan fingerprint density at radius 3 is 2.74 bits per heavy atom. The van der Waals surface area contributed by atoms with Crippen LogP contribution in [0.2, 0.25) is 0 Å². The lowest BCUT2D eigenvalue weighted by Gasteiger charge is -2.32. The van der Waals surface area contributed by atoms with E-state index < -0.39 is 62.1 Å². The molecule has 1 aromatic heterocycles. The van der Waals surface area contributed by atoms with E-state index in [0.717, 1.165) is 6.20 Å². The monoisotopic (exact) mass is 557 g/mol. The van der Waals surface area contributed by atoms with Crippen molar-refractivity contribution < 1.29 is 45.9 Å². The number of alkyl halides is 2. The van der Waals surface area contributed by atoms with Crippen LogP contribution in [0, 0.1) is 0 Å². The summed E-state index contributed by atoms with van der Waals surface area (Å²) in [4.78, 5) is 29.1. The summed E-state index contributed by atoms with van der Waals surface area (Å²) >= 11 is 0. The molecule has 206 valence electrons. The quantitative estimate of drug-likeness (QED) is 0.544. The van der Waals surface area contributed by atoms with Crippen molar-refractivity contribution >= 4 is 19.5 Å². The number of rotatable bonds is 5. The first-order valence-electron chi connectivity index (χ1n) is 11.8. The van der Waals surface area contributed by atoms with Crippen molar-refractivity contribution in [1.82, 2.24) is 9.55 Å². The molecule has 2 fully saturated rings. The zero-order chi connectivity index (χ0) is 27.5. The van der Waals surface area contributed by atoms with Crippen molar-refractivity contribution in [2.45, 2.75) is 63.8 Å². The molecule has 0 spiro atoms. The highest BCUT2D eigenvalue weighted by molar-refractivity contribution is 7.48. The summed E-state index contributed by atoms with van der Waals surface area (Å²) in [6, 6.07) is 5.76. The van der Waals surface area contributed by atoms with Gasteiger partial charge in [-0.2, -0.15) is 13.8 Å². The second-order valence-corrected chi connectivity index (χ2v) is 11.5. The Morgan fingerprint density at radius 2 is 2.03 bits per heavy atom. The number of aromatic nitrogens is 2. The molecule has 4 heterocycles. The summed E-state index contributed by atoms with van der Waals surface area (Å²) in [5, 5.41) is 2.46. The van der Waals surface area contributed by atoms with E-state index in [2.05, 4.69) is 10.3 Å². The molecule has 2 saturated heterocycles. The lowest BCUT2D eigenvalue weighted by atomic mass is 10.1. The summed E-state index contributed by atoms with van der Waals surface area (Å²) in [6.45, 7) is 6.64. The van der Waals surface area contributed by atoms with E-state index in [9.17, 15) is 14.2 Å². The van der Waals surface area contributed by atoms with Gasteiger partial charge in [0.1, 0.15) is 24.1 Å². The van der Waals surface area contributed by atoms with Crippen molar-refractivity contribution in [2.24, 2.45) is 0 Å². The van der Waals surface area contributed by atoms with Gasteiger partial charge in [-0.3, -0.25) is 22.9 Å². The number of nitrogens with one attached hydrogen (secondary N) is 1. The van der Waals surface area contributed by atoms with E-state index >= 15 is 8.78 Å². The molecule has 3 aliphatic rings. The maximum Gasteiger partial charge on any atom is 0.475 e.